The van der Waals surface area contributed by atoms with E-state index in [1.54, 1.807) is 6.92 Å². The van der Waals surface area contributed by atoms with E-state index >= 15 is 0 Å². The Morgan fingerprint density at radius 2 is 2.11 bits per heavy atom. The third-order valence-corrected chi connectivity index (χ3v) is 4.21. The summed E-state index contributed by atoms with van der Waals surface area (Å²) in [7, 11) is -3.69. The van der Waals surface area contributed by atoms with E-state index in [0.717, 1.165) is 6.26 Å². The maximum Gasteiger partial charge on any atom is 0.281 e. The highest BCUT2D eigenvalue weighted by Crippen LogP contribution is 2.48. The largest absolute Gasteiger partial charge is 0.494 e. The van der Waals surface area contributed by atoms with Gasteiger partial charge in [0.25, 0.3) is 5.92 Å². The second kappa shape index (κ2) is 4.42. The Balaban J connectivity index is 2.71. The van der Waals surface area contributed by atoms with Crippen molar-refractivity contribution < 1.29 is 27.0 Å². The van der Waals surface area contributed by atoms with Gasteiger partial charge in [-0.25, -0.2) is 17.2 Å². The van der Waals surface area contributed by atoms with E-state index in [1.165, 1.54) is 12.1 Å². The molecule has 0 unspecified atom stereocenters. The Bertz CT molecular complexity index is 610. The van der Waals surface area contributed by atoms with Crippen LogP contribution in [-0.2, 0) is 16.3 Å². The van der Waals surface area contributed by atoms with Gasteiger partial charge in [-0.05, 0) is 19.1 Å². The predicted molar refractivity (Wildman–Crippen MR) is 64.3 cm³/mol. The molecule has 0 amide bonds. The lowest BCUT2D eigenvalue weighted by Crippen LogP contribution is -2.22. The molecule has 0 saturated carbocycles. The van der Waals surface area contributed by atoms with Crippen molar-refractivity contribution >= 4 is 9.84 Å². The summed E-state index contributed by atoms with van der Waals surface area (Å²) >= 11 is 0. The molecule has 0 heterocycles. The van der Waals surface area contributed by atoms with Gasteiger partial charge in [0.2, 0.25) is 0 Å². The van der Waals surface area contributed by atoms with Gasteiger partial charge < -0.3 is 9.84 Å². The minimum atomic E-state index is -3.69. The molecule has 106 valence electrons. The van der Waals surface area contributed by atoms with Gasteiger partial charge in [-0.15, -0.1) is 0 Å². The van der Waals surface area contributed by atoms with Crippen molar-refractivity contribution in [3.8, 4) is 5.75 Å². The number of halogens is 2. The number of sulfone groups is 1. The molecule has 0 spiro atoms. The molecule has 0 aliphatic heterocycles. The minimum absolute atomic E-state index is 0.0716. The average molecular weight is 292 g/mol. The topological polar surface area (TPSA) is 63.6 Å². The summed E-state index contributed by atoms with van der Waals surface area (Å²) in [5.41, 5.74) is -0.166. The van der Waals surface area contributed by atoms with Crippen LogP contribution in [-0.4, -0.2) is 32.3 Å². The lowest BCUT2D eigenvalue weighted by Gasteiger charge is -2.15. The highest BCUT2D eigenvalue weighted by Gasteiger charge is 2.50. The van der Waals surface area contributed by atoms with E-state index in [0.29, 0.717) is 0 Å². The minimum Gasteiger partial charge on any atom is -0.494 e. The molecule has 0 radical (unpaired) electrons. The maximum atomic E-state index is 13.6. The molecule has 0 bridgehead atoms. The molecule has 1 atom stereocenters. The number of aliphatic hydroxyl groups is 1. The fraction of sp³-hybridized carbons (Fsp3) is 0.500. The number of hydrogen-bond donors (Lipinski definition) is 1. The number of fused-ring (bicyclic) bond motifs is 1. The van der Waals surface area contributed by atoms with E-state index in [4.69, 9.17) is 4.74 Å². The van der Waals surface area contributed by atoms with Crippen molar-refractivity contribution in [2.45, 2.75) is 30.3 Å². The summed E-state index contributed by atoms with van der Waals surface area (Å²) in [5, 5.41) is 9.68. The van der Waals surface area contributed by atoms with Crippen LogP contribution in [0.2, 0.25) is 0 Å². The Labute approximate surface area is 109 Å². The molecule has 0 fully saturated rings. The molecule has 1 aliphatic carbocycles. The SMILES string of the molecule is CCOc1ccc(S(C)(=O)=O)c2c1CC(F)(F)[C@H]2O. The fourth-order valence-corrected chi connectivity index (χ4v) is 3.21. The lowest BCUT2D eigenvalue weighted by molar-refractivity contribution is -0.0976. The molecular formula is C12H14F2O4S. The zero-order valence-corrected chi connectivity index (χ0v) is 11.3. The summed E-state index contributed by atoms with van der Waals surface area (Å²) < 4.78 is 55.7. The quantitative estimate of drug-likeness (QED) is 0.921. The molecule has 1 aliphatic rings. The summed E-state index contributed by atoms with van der Waals surface area (Å²) in [6, 6.07) is 2.55. The van der Waals surface area contributed by atoms with Crippen LogP contribution in [0.4, 0.5) is 8.78 Å². The van der Waals surface area contributed by atoms with Crippen LogP contribution in [0.3, 0.4) is 0 Å². The first-order chi connectivity index (χ1) is 8.68. The standard InChI is InChI=1S/C12H14F2O4S/c1-3-18-8-4-5-9(19(2,16)17)10-7(8)6-12(13,14)11(10)15/h4-5,11,15H,3,6H2,1-2H3/t11-/m0/s1. The number of hydrogen-bond acceptors (Lipinski definition) is 4. The molecular weight excluding hydrogens is 278 g/mol. The second-order valence-corrected chi connectivity index (χ2v) is 6.48. The number of rotatable bonds is 3. The monoisotopic (exact) mass is 292 g/mol. The first kappa shape index (κ1) is 14.2. The van der Waals surface area contributed by atoms with E-state index in [-0.39, 0.29) is 28.4 Å². The molecule has 0 saturated heterocycles. The van der Waals surface area contributed by atoms with Gasteiger partial charge >= 0.3 is 0 Å². The van der Waals surface area contributed by atoms with Crippen molar-refractivity contribution in [2.24, 2.45) is 0 Å². The van der Waals surface area contributed by atoms with Crippen LogP contribution >= 0.6 is 0 Å². The Kier molecular flexibility index (Phi) is 3.30. The van der Waals surface area contributed by atoms with E-state index < -0.39 is 28.3 Å². The molecule has 2 rings (SSSR count). The first-order valence-electron chi connectivity index (χ1n) is 5.73. The highest BCUT2D eigenvalue weighted by molar-refractivity contribution is 7.90. The van der Waals surface area contributed by atoms with E-state index in [2.05, 4.69) is 0 Å². The van der Waals surface area contributed by atoms with Gasteiger partial charge in [0.05, 0.1) is 11.5 Å². The van der Waals surface area contributed by atoms with Crippen molar-refractivity contribution in [2.75, 3.05) is 12.9 Å². The normalized spacial score (nSPS) is 21.2. The smallest absolute Gasteiger partial charge is 0.281 e. The molecule has 1 aromatic rings. The van der Waals surface area contributed by atoms with Gasteiger partial charge in [-0.3, -0.25) is 0 Å². The van der Waals surface area contributed by atoms with E-state index in [9.17, 15) is 22.3 Å². The predicted octanol–water partition coefficient (Wildman–Crippen LogP) is 1.71. The molecule has 4 nitrogen and oxygen atoms in total. The number of aliphatic hydroxyl groups excluding tert-OH is 1. The summed E-state index contributed by atoms with van der Waals surface area (Å²) in [6.07, 6.45) is -1.92. The van der Waals surface area contributed by atoms with Gasteiger partial charge in [-0.2, -0.15) is 0 Å². The van der Waals surface area contributed by atoms with Crippen LogP contribution in [0.25, 0.3) is 0 Å². The van der Waals surface area contributed by atoms with Crippen LogP contribution in [0.15, 0.2) is 17.0 Å². The van der Waals surface area contributed by atoms with Crippen LogP contribution < -0.4 is 4.74 Å². The zero-order valence-electron chi connectivity index (χ0n) is 10.5. The molecule has 19 heavy (non-hydrogen) atoms. The van der Waals surface area contributed by atoms with Crippen LogP contribution in [0.1, 0.15) is 24.2 Å². The van der Waals surface area contributed by atoms with Gasteiger partial charge in [-0.1, -0.05) is 0 Å². The first-order valence-corrected chi connectivity index (χ1v) is 7.62. The molecule has 0 aromatic heterocycles. The maximum absolute atomic E-state index is 13.6. The Hall–Kier alpha value is -1.21. The molecule has 1 aromatic carbocycles. The van der Waals surface area contributed by atoms with E-state index in [1.807, 2.05) is 0 Å². The summed E-state index contributed by atoms with van der Waals surface area (Å²) in [5.74, 6) is -3.18. The van der Waals surface area contributed by atoms with Gasteiger partial charge in [0, 0.05) is 23.8 Å². The van der Waals surface area contributed by atoms with Crippen LogP contribution in [0.5, 0.6) is 5.75 Å². The van der Waals surface area contributed by atoms with Crippen molar-refractivity contribution in [1.82, 2.24) is 0 Å². The van der Waals surface area contributed by atoms with Crippen molar-refractivity contribution in [3.63, 3.8) is 0 Å². The molecule has 1 N–H and O–H groups in total. The number of alkyl halides is 2. The number of ether oxygens (including phenoxy) is 1. The van der Waals surface area contributed by atoms with Crippen molar-refractivity contribution in [1.29, 1.82) is 0 Å². The zero-order chi connectivity index (χ0) is 14.4. The fourth-order valence-electron chi connectivity index (χ4n) is 2.26. The summed E-state index contributed by atoms with van der Waals surface area (Å²) in [4.78, 5) is -0.268. The third-order valence-electron chi connectivity index (χ3n) is 3.06. The number of benzene rings is 1. The Morgan fingerprint density at radius 1 is 1.47 bits per heavy atom. The Morgan fingerprint density at radius 3 is 2.63 bits per heavy atom. The van der Waals surface area contributed by atoms with Crippen LogP contribution in [0, 0.1) is 0 Å². The third kappa shape index (κ3) is 2.32. The highest BCUT2D eigenvalue weighted by atomic mass is 32.2. The molecule has 7 heteroatoms. The summed E-state index contributed by atoms with van der Waals surface area (Å²) in [6.45, 7) is 1.96. The van der Waals surface area contributed by atoms with Crippen molar-refractivity contribution in [3.05, 3.63) is 23.3 Å². The average Bonchev–Trinajstić information content (AvgIpc) is 2.51. The van der Waals surface area contributed by atoms with Gasteiger partial charge in [0.15, 0.2) is 9.84 Å². The lowest BCUT2D eigenvalue weighted by atomic mass is 10.1. The van der Waals surface area contributed by atoms with Gasteiger partial charge in [0.1, 0.15) is 11.9 Å². The second-order valence-electron chi connectivity index (χ2n) is 4.50.